The van der Waals surface area contributed by atoms with Crippen molar-refractivity contribution in [1.29, 1.82) is 0 Å². The minimum Gasteiger partial charge on any atom is -0.369 e. The molecule has 0 spiro atoms. The van der Waals surface area contributed by atoms with Crippen molar-refractivity contribution >= 4 is 11.8 Å². The van der Waals surface area contributed by atoms with Crippen LogP contribution in [-0.4, -0.2) is 47.3 Å². The molecule has 0 saturated heterocycles. The SMILES string of the molecule is CC(C)CN(CC(N)=O)CC(=O)N(Cc1ccccc1)C1CC1. The largest absolute Gasteiger partial charge is 0.369 e. The van der Waals surface area contributed by atoms with Crippen molar-refractivity contribution in [3.8, 4) is 0 Å². The highest BCUT2D eigenvalue weighted by Gasteiger charge is 2.33. The molecule has 2 amide bonds. The van der Waals surface area contributed by atoms with Crippen molar-refractivity contribution in [2.75, 3.05) is 19.6 Å². The number of hydrogen-bond acceptors (Lipinski definition) is 3. The number of rotatable bonds is 9. The first kappa shape index (κ1) is 17.5. The molecule has 1 fully saturated rings. The van der Waals surface area contributed by atoms with E-state index in [2.05, 4.69) is 13.8 Å². The molecule has 1 saturated carbocycles. The third-order valence-corrected chi connectivity index (χ3v) is 3.87. The normalized spacial score (nSPS) is 14.3. The molecule has 1 aromatic carbocycles. The fourth-order valence-corrected chi connectivity index (χ4v) is 2.79. The van der Waals surface area contributed by atoms with Gasteiger partial charge >= 0.3 is 0 Å². The maximum absolute atomic E-state index is 12.7. The molecule has 0 atom stereocenters. The molecule has 2 N–H and O–H groups in total. The van der Waals surface area contributed by atoms with Gasteiger partial charge in [-0.3, -0.25) is 14.5 Å². The zero-order valence-corrected chi connectivity index (χ0v) is 14.1. The van der Waals surface area contributed by atoms with Crippen LogP contribution in [0.2, 0.25) is 0 Å². The van der Waals surface area contributed by atoms with Crippen molar-refractivity contribution in [3.63, 3.8) is 0 Å². The molecule has 0 bridgehead atoms. The van der Waals surface area contributed by atoms with Crippen molar-refractivity contribution in [2.45, 2.75) is 39.3 Å². The van der Waals surface area contributed by atoms with E-state index in [1.165, 1.54) is 0 Å². The lowest BCUT2D eigenvalue weighted by Gasteiger charge is -2.28. The third-order valence-electron chi connectivity index (χ3n) is 3.87. The zero-order chi connectivity index (χ0) is 16.8. The first-order chi connectivity index (χ1) is 11.0. The summed E-state index contributed by atoms with van der Waals surface area (Å²) in [6, 6.07) is 10.4. The van der Waals surface area contributed by atoms with E-state index in [1.807, 2.05) is 40.1 Å². The van der Waals surface area contributed by atoms with E-state index in [0.29, 0.717) is 25.0 Å². The number of hydrogen-bond donors (Lipinski definition) is 1. The first-order valence-corrected chi connectivity index (χ1v) is 8.29. The molecule has 1 aliphatic rings. The molecule has 0 heterocycles. The molecular formula is C18H27N3O2. The van der Waals surface area contributed by atoms with Crippen LogP contribution in [0, 0.1) is 5.92 Å². The number of benzene rings is 1. The van der Waals surface area contributed by atoms with E-state index in [1.54, 1.807) is 0 Å². The molecule has 0 unspecified atom stereocenters. The summed E-state index contributed by atoms with van der Waals surface area (Å²) < 4.78 is 0. The molecule has 23 heavy (non-hydrogen) atoms. The van der Waals surface area contributed by atoms with Gasteiger partial charge in [-0.2, -0.15) is 0 Å². The van der Waals surface area contributed by atoms with Crippen molar-refractivity contribution < 1.29 is 9.59 Å². The summed E-state index contributed by atoms with van der Waals surface area (Å²) in [6.07, 6.45) is 2.14. The van der Waals surface area contributed by atoms with Gasteiger partial charge in [-0.25, -0.2) is 0 Å². The predicted molar refractivity (Wildman–Crippen MR) is 90.5 cm³/mol. The Morgan fingerprint density at radius 3 is 2.35 bits per heavy atom. The fraction of sp³-hybridized carbons (Fsp3) is 0.556. The van der Waals surface area contributed by atoms with Gasteiger partial charge in [0.2, 0.25) is 11.8 Å². The lowest BCUT2D eigenvalue weighted by atomic mass is 10.2. The highest BCUT2D eigenvalue weighted by molar-refractivity contribution is 5.81. The summed E-state index contributed by atoms with van der Waals surface area (Å²) in [7, 11) is 0. The van der Waals surface area contributed by atoms with E-state index >= 15 is 0 Å². The molecule has 1 aromatic rings. The number of carbonyl (C=O) groups is 2. The average molecular weight is 317 g/mol. The van der Waals surface area contributed by atoms with Crippen molar-refractivity contribution in [3.05, 3.63) is 35.9 Å². The molecule has 1 aliphatic carbocycles. The van der Waals surface area contributed by atoms with Crippen LogP contribution in [-0.2, 0) is 16.1 Å². The Bertz CT molecular complexity index is 526. The molecule has 5 nitrogen and oxygen atoms in total. The lowest BCUT2D eigenvalue weighted by Crippen LogP contribution is -2.45. The third kappa shape index (κ3) is 6.02. The van der Waals surface area contributed by atoms with E-state index in [9.17, 15) is 9.59 Å². The Balaban J connectivity index is 2.00. The van der Waals surface area contributed by atoms with Crippen molar-refractivity contribution in [2.24, 2.45) is 11.7 Å². The monoisotopic (exact) mass is 317 g/mol. The van der Waals surface area contributed by atoms with Crippen LogP contribution in [0.15, 0.2) is 30.3 Å². The summed E-state index contributed by atoms with van der Waals surface area (Å²) in [5.74, 6) is 0.0726. The topological polar surface area (TPSA) is 66.6 Å². The van der Waals surface area contributed by atoms with E-state index in [0.717, 1.165) is 18.4 Å². The highest BCUT2D eigenvalue weighted by Crippen LogP contribution is 2.28. The average Bonchev–Trinajstić information content (AvgIpc) is 3.28. The standard InChI is InChI=1S/C18H27N3O2/c1-14(2)10-20(12-17(19)22)13-18(23)21(16-8-9-16)11-15-6-4-3-5-7-15/h3-7,14,16H,8-13H2,1-2H3,(H2,19,22). The van der Waals surface area contributed by atoms with Gasteiger partial charge < -0.3 is 10.6 Å². The number of carbonyl (C=O) groups excluding carboxylic acids is 2. The highest BCUT2D eigenvalue weighted by atomic mass is 16.2. The molecule has 0 aromatic heterocycles. The van der Waals surface area contributed by atoms with Gasteiger partial charge in [0.05, 0.1) is 13.1 Å². The minimum atomic E-state index is -0.389. The second-order valence-corrected chi connectivity index (χ2v) is 6.77. The Morgan fingerprint density at radius 2 is 1.83 bits per heavy atom. The molecule has 0 aliphatic heterocycles. The second-order valence-electron chi connectivity index (χ2n) is 6.77. The van der Waals surface area contributed by atoms with Crippen LogP contribution in [0.3, 0.4) is 0 Å². The molecular weight excluding hydrogens is 290 g/mol. The summed E-state index contributed by atoms with van der Waals surface area (Å²) in [4.78, 5) is 27.8. The van der Waals surface area contributed by atoms with E-state index in [4.69, 9.17) is 5.73 Å². The van der Waals surface area contributed by atoms with Crippen LogP contribution >= 0.6 is 0 Å². The van der Waals surface area contributed by atoms with Gasteiger partial charge in [-0.1, -0.05) is 44.2 Å². The number of primary amides is 1. The van der Waals surface area contributed by atoms with Crippen LogP contribution in [0.25, 0.3) is 0 Å². The van der Waals surface area contributed by atoms with Crippen molar-refractivity contribution in [1.82, 2.24) is 9.80 Å². The zero-order valence-electron chi connectivity index (χ0n) is 14.1. The van der Waals surface area contributed by atoms with Gasteiger partial charge in [0.25, 0.3) is 0 Å². The van der Waals surface area contributed by atoms with Gasteiger partial charge in [0.15, 0.2) is 0 Å². The van der Waals surface area contributed by atoms with Gasteiger partial charge in [0, 0.05) is 19.1 Å². The van der Waals surface area contributed by atoms with Crippen LogP contribution in [0.1, 0.15) is 32.3 Å². The Hall–Kier alpha value is -1.88. The molecule has 0 radical (unpaired) electrons. The van der Waals surface area contributed by atoms with Gasteiger partial charge in [-0.05, 0) is 24.3 Å². The second kappa shape index (κ2) is 8.11. The van der Waals surface area contributed by atoms with Crippen LogP contribution in [0.4, 0.5) is 0 Å². The summed E-state index contributed by atoms with van der Waals surface area (Å²) in [5, 5.41) is 0. The minimum absolute atomic E-state index is 0.0817. The van der Waals surface area contributed by atoms with E-state index in [-0.39, 0.29) is 24.9 Å². The Kier molecular flexibility index (Phi) is 6.16. The first-order valence-electron chi connectivity index (χ1n) is 8.29. The van der Waals surface area contributed by atoms with Gasteiger partial charge in [0.1, 0.15) is 0 Å². The predicted octanol–water partition coefficient (Wildman–Crippen LogP) is 1.62. The van der Waals surface area contributed by atoms with Gasteiger partial charge in [-0.15, -0.1) is 0 Å². The van der Waals surface area contributed by atoms with E-state index < -0.39 is 0 Å². The molecule has 126 valence electrons. The Labute approximate surface area is 138 Å². The lowest BCUT2D eigenvalue weighted by molar-refractivity contribution is -0.134. The maximum atomic E-state index is 12.7. The smallest absolute Gasteiger partial charge is 0.237 e. The molecule has 5 heteroatoms. The number of nitrogens with two attached hydrogens (primary N) is 1. The van der Waals surface area contributed by atoms with Crippen LogP contribution < -0.4 is 5.73 Å². The summed E-state index contributed by atoms with van der Waals surface area (Å²) in [6.45, 7) is 5.86. The number of amides is 2. The Morgan fingerprint density at radius 1 is 1.17 bits per heavy atom. The quantitative estimate of drug-likeness (QED) is 0.752. The molecule has 2 rings (SSSR count). The maximum Gasteiger partial charge on any atom is 0.237 e. The fourth-order valence-electron chi connectivity index (χ4n) is 2.79. The summed E-state index contributed by atoms with van der Waals surface area (Å²) in [5.41, 5.74) is 6.45. The summed E-state index contributed by atoms with van der Waals surface area (Å²) >= 11 is 0. The number of nitrogens with zero attached hydrogens (tertiary/aromatic N) is 2. The van der Waals surface area contributed by atoms with Crippen LogP contribution in [0.5, 0.6) is 0 Å².